The summed E-state index contributed by atoms with van der Waals surface area (Å²) in [6.45, 7) is 0.207. The molecule has 1 atom stereocenters. The Morgan fingerprint density at radius 1 is 1.07 bits per heavy atom. The lowest BCUT2D eigenvalue weighted by Gasteiger charge is -2.26. The fourth-order valence-electron chi connectivity index (χ4n) is 2.96. The van der Waals surface area contributed by atoms with Crippen LogP contribution in [0.5, 0.6) is 11.5 Å². The minimum absolute atomic E-state index is 0.252. The van der Waals surface area contributed by atoms with Gasteiger partial charge in [0.1, 0.15) is 12.7 Å². The van der Waals surface area contributed by atoms with Gasteiger partial charge in [0.2, 0.25) is 0 Å². The topological polar surface area (TPSA) is 86.8 Å². The Morgan fingerprint density at radius 2 is 1.87 bits per heavy atom. The molecule has 7 nitrogen and oxygen atoms in total. The average molecular weight is 404 g/mol. The maximum Gasteiger partial charge on any atom is 0.331 e. The quantitative estimate of drug-likeness (QED) is 0.502. The molecule has 1 aliphatic rings. The Morgan fingerprint density at radius 3 is 2.77 bits per heavy atom. The van der Waals surface area contributed by atoms with Gasteiger partial charge in [-0.15, -0.1) is 0 Å². The fourth-order valence-corrected chi connectivity index (χ4v) is 2.96. The van der Waals surface area contributed by atoms with Gasteiger partial charge in [0, 0.05) is 11.5 Å². The molecule has 0 radical (unpaired) electrons. The Balaban J connectivity index is 1.21. The van der Waals surface area contributed by atoms with Crippen molar-refractivity contribution < 1.29 is 23.8 Å². The molecule has 0 aliphatic carbocycles. The van der Waals surface area contributed by atoms with Crippen LogP contribution in [0.2, 0.25) is 0 Å². The highest BCUT2D eigenvalue weighted by atomic mass is 16.6. The van der Waals surface area contributed by atoms with Gasteiger partial charge in [0.15, 0.2) is 18.1 Å². The van der Waals surface area contributed by atoms with Crippen LogP contribution in [0.25, 0.3) is 17.0 Å². The van der Waals surface area contributed by atoms with E-state index in [1.807, 2.05) is 60.7 Å². The normalized spacial score (nSPS) is 15.1. The number of carbonyl (C=O) groups is 2. The van der Waals surface area contributed by atoms with Crippen molar-refractivity contribution in [2.75, 3.05) is 19.8 Å². The third-order valence-electron chi connectivity index (χ3n) is 4.45. The molecule has 0 saturated carbocycles. The van der Waals surface area contributed by atoms with Crippen molar-refractivity contribution in [3.8, 4) is 11.5 Å². The molecule has 0 unspecified atom stereocenters. The van der Waals surface area contributed by atoms with Crippen LogP contribution in [0.15, 0.2) is 66.7 Å². The van der Waals surface area contributed by atoms with Crippen LogP contribution in [0.3, 0.4) is 0 Å². The highest BCUT2D eigenvalue weighted by Gasteiger charge is 2.21. The summed E-state index contributed by atoms with van der Waals surface area (Å²) in [5.74, 6) is 0.290. The molecule has 3 aromatic rings. The van der Waals surface area contributed by atoms with Crippen molar-refractivity contribution in [2.24, 2.45) is 0 Å². The summed E-state index contributed by atoms with van der Waals surface area (Å²) in [5, 5.41) is 3.69. The van der Waals surface area contributed by atoms with E-state index < -0.39 is 11.9 Å². The van der Waals surface area contributed by atoms with E-state index in [1.165, 1.54) is 6.08 Å². The number of ether oxygens (including phenoxy) is 3. The zero-order valence-corrected chi connectivity index (χ0v) is 16.1. The Hall–Kier alpha value is -3.87. The number of rotatable bonds is 6. The summed E-state index contributed by atoms with van der Waals surface area (Å²) in [6.07, 6.45) is 2.50. The standard InChI is InChI=1S/C23H20N2O5/c26-22(24-13-18-14-28-20-7-3-4-8-21(20)30-18)15-29-23(27)12-11-17-10-9-16-5-1-2-6-19(16)25-17/h1-12,18H,13-15H2,(H,24,26)/b12-11+/t18-/m0/s1. The first kappa shape index (κ1) is 19.4. The predicted octanol–water partition coefficient (Wildman–Crippen LogP) is 2.75. The Labute approximate surface area is 173 Å². The number of carbonyl (C=O) groups excluding carboxylic acids is 2. The molecule has 2 aromatic carbocycles. The third kappa shape index (κ3) is 4.94. The SMILES string of the molecule is O=C(COC(=O)/C=C/c1ccc2ccccc2n1)NC[C@H]1COc2ccccc2O1. The van der Waals surface area contributed by atoms with Crippen LogP contribution in [0.1, 0.15) is 5.69 Å². The summed E-state index contributed by atoms with van der Waals surface area (Å²) in [5.41, 5.74) is 1.47. The van der Waals surface area contributed by atoms with E-state index in [0.29, 0.717) is 23.8 Å². The summed E-state index contributed by atoms with van der Waals surface area (Å²) >= 11 is 0. The van der Waals surface area contributed by atoms with Crippen LogP contribution < -0.4 is 14.8 Å². The van der Waals surface area contributed by atoms with Crippen molar-refractivity contribution >= 4 is 28.9 Å². The van der Waals surface area contributed by atoms with E-state index in [0.717, 1.165) is 10.9 Å². The molecule has 0 bridgehead atoms. The largest absolute Gasteiger partial charge is 0.486 e. The maximum atomic E-state index is 11.9. The van der Waals surface area contributed by atoms with Gasteiger partial charge < -0.3 is 19.5 Å². The van der Waals surface area contributed by atoms with Crippen LogP contribution in [-0.2, 0) is 14.3 Å². The van der Waals surface area contributed by atoms with Crippen LogP contribution in [-0.4, -0.2) is 42.7 Å². The molecule has 1 aromatic heterocycles. The molecule has 1 amide bonds. The fraction of sp³-hybridized carbons (Fsp3) is 0.174. The van der Waals surface area contributed by atoms with Crippen molar-refractivity contribution in [2.45, 2.75) is 6.10 Å². The number of para-hydroxylation sites is 3. The first-order valence-electron chi connectivity index (χ1n) is 9.53. The number of nitrogens with zero attached hydrogens (tertiary/aromatic N) is 1. The minimum Gasteiger partial charge on any atom is -0.486 e. The summed E-state index contributed by atoms with van der Waals surface area (Å²) in [4.78, 5) is 28.2. The van der Waals surface area contributed by atoms with Gasteiger partial charge in [-0.05, 0) is 30.3 Å². The molecular weight excluding hydrogens is 384 g/mol. The van der Waals surface area contributed by atoms with Gasteiger partial charge in [0.05, 0.1) is 17.8 Å². The first-order chi connectivity index (χ1) is 14.7. The molecule has 1 aliphatic heterocycles. The molecule has 2 heterocycles. The molecule has 4 rings (SSSR count). The van der Waals surface area contributed by atoms with Crippen molar-refractivity contribution in [1.29, 1.82) is 0 Å². The number of aromatic nitrogens is 1. The van der Waals surface area contributed by atoms with Gasteiger partial charge in [-0.2, -0.15) is 0 Å². The molecule has 30 heavy (non-hydrogen) atoms. The molecule has 7 heteroatoms. The van der Waals surface area contributed by atoms with Gasteiger partial charge in [-0.25, -0.2) is 9.78 Å². The zero-order valence-electron chi connectivity index (χ0n) is 16.1. The predicted molar refractivity (Wildman–Crippen MR) is 111 cm³/mol. The molecule has 0 fully saturated rings. The van der Waals surface area contributed by atoms with Crippen molar-refractivity contribution in [3.05, 3.63) is 72.4 Å². The number of pyridine rings is 1. The van der Waals surface area contributed by atoms with Gasteiger partial charge in [-0.1, -0.05) is 36.4 Å². The summed E-state index contributed by atoms with van der Waals surface area (Å²) in [6, 6.07) is 18.8. The van der Waals surface area contributed by atoms with Crippen molar-refractivity contribution in [1.82, 2.24) is 10.3 Å². The van der Waals surface area contributed by atoms with E-state index in [2.05, 4.69) is 10.3 Å². The number of hydrogen-bond acceptors (Lipinski definition) is 6. The monoisotopic (exact) mass is 404 g/mol. The van der Waals surface area contributed by atoms with E-state index >= 15 is 0 Å². The number of nitrogens with one attached hydrogen (secondary N) is 1. The van der Waals surface area contributed by atoms with E-state index in [4.69, 9.17) is 14.2 Å². The molecular formula is C23H20N2O5. The van der Waals surface area contributed by atoms with Crippen LogP contribution >= 0.6 is 0 Å². The van der Waals surface area contributed by atoms with Crippen molar-refractivity contribution in [3.63, 3.8) is 0 Å². The number of fused-ring (bicyclic) bond motifs is 2. The number of hydrogen-bond donors (Lipinski definition) is 1. The zero-order chi connectivity index (χ0) is 20.8. The lowest BCUT2D eigenvalue weighted by atomic mass is 10.2. The van der Waals surface area contributed by atoms with Gasteiger partial charge in [-0.3, -0.25) is 4.79 Å². The van der Waals surface area contributed by atoms with Gasteiger partial charge >= 0.3 is 5.97 Å². The Kier molecular flexibility index (Phi) is 5.89. The minimum atomic E-state index is -0.619. The second-order valence-electron chi connectivity index (χ2n) is 6.67. The highest BCUT2D eigenvalue weighted by Crippen LogP contribution is 2.30. The van der Waals surface area contributed by atoms with Crippen LogP contribution in [0.4, 0.5) is 0 Å². The average Bonchev–Trinajstić information content (AvgIpc) is 2.79. The highest BCUT2D eigenvalue weighted by molar-refractivity contribution is 5.89. The summed E-state index contributed by atoms with van der Waals surface area (Å²) in [7, 11) is 0. The second-order valence-corrected chi connectivity index (χ2v) is 6.67. The first-order valence-corrected chi connectivity index (χ1v) is 9.53. The number of amides is 1. The lowest BCUT2D eigenvalue weighted by molar-refractivity contribution is -0.143. The van der Waals surface area contributed by atoms with Crippen LogP contribution in [0, 0.1) is 0 Å². The number of benzene rings is 2. The van der Waals surface area contributed by atoms with Gasteiger partial charge in [0.25, 0.3) is 5.91 Å². The number of esters is 1. The second kappa shape index (κ2) is 9.09. The van der Waals surface area contributed by atoms with E-state index in [-0.39, 0.29) is 19.3 Å². The lowest BCUT2D eigenvalue weighted by Crippen LogP contribution is -2.42. The summed E-state index contributed by atoms with van der Waals surface area (Å²) < 4.78 is 16.3. The smallest absolute Gasteiger partial charge is 0.331 e. The molecule has 0 saturated heterocycles. The van der Waals surface area contributed by atoms with E-state index in [9.17, 15) is 9.59 Å². The Bertz CT molecular complexity index is 1100. The molecule has 1 N–H and O–H groups in total. The molecule has 0 spiro atoms. The maximum absolute atomic E-state index is 11.9. The molecule has 152 valence electrons. The van der Waals surface area contributed by atoms with E-state index in [1.54, 1.807) is 6.08 Å². The third-order valence-corrected chi connectivity index (χ3v) is 4.45.